The number of nitrogens with zero attached hydrogens (tertiary/aromatic N) is 3. The van der Waals surface area contributed by atoms with Gasteiger partial charge in [-0.2, -0.15) is 4.98 Å². The normalized spacial score (nSPS) is 10.7. The first kappa shape index (κ1) is 18.7. The largest absolute Gasteiger partial charge is 0.461 e. The molecule has 1 N–H and O–H groups in total. The van der Waals surface area contributed by atoms with Gasteiger partial charge in [0.1, 0.15) is 6.61 Å². The molecule has 0 radical (unpaired) electrons. The Balaban J connectivity index is 1.84. The number of hydrogen-bond acceptors (Lipinski definition) is 6. The fourth-order valence-electron chi connectivity index (χ4n) is 2.37. The monoisotopic (exact) mass is 370 g/mol. The molecular weight excluding hydrogens is 348 g/mol. The first-order valence-electron chi connectivity index (χ1n) is 8.83. The lowest BCUT2D eigenvalue weighted by Crippen LogP contribution is -2.09. The standard InChI is InChI=1S/C19H22N4O4/c1-3-17(24)20-14-7-9-15(10-8-14)23-18(16-6-5-11-26-16)21-19(22-23)27-13-12-25-4-2/h5-11H,3-4,12-13H2,1-2H3,(H,20,24). The predicted octanol–water partition coefficient (Wildman–Crippen LogP) is 3.29. The fraction of sp³-hybridized carbons (Fsp3) is 0.316. The van der Waals surface area contributed by atoms with Crippen LogP contribution in [0.25, 0.3) is 17.3 Å². The van der Waals surface area contributed by atoms with Gasteiger partial charge in [0.15, 0.2) is 5.76 Å². The molecule has 3 aromatic rings. The van der Waals surface area contributed by atoms with Crippen LogP contribution in [-0.4, -0.2) is 40.5 Å². The zero-order valence-corrected chi connectivity index (χ0v) is 15.3. The first-order valence-corrected chi connectivity index (χ1v) is 8.83. The molecule has 0 aliphatic heterocycles. The Morgan fingerprint density at radius 2 is 2.00 bits per heavy atom. The fourth-order valence-corrected chi connectivity index (χ4v) is 2.37. The van der Waals surface area contributed by atoms with E-state index in [0.717, 1.165) is 11.4 Å². The van der Waals surface area contributed by atoms with Crippen LogP contribution in [-0.2, 0) is 9.53 Å². The van der Waals surface area contributed by atoms with Crippen LogP contribution >= 0.6 is 0 Å². The van der Waals surface area contributed by atoms with Crippen LogP contribution in [0.15, 0.2) is 47.1 Å². The summed E-state index contributed by atoms with van der Waals surface area (Å²) in [5.41, 5.74) is 1.49. The lowest BCUT2D eigenvalue weighted by atomic mass is 10.2. The molecule has 2 heterocycles. The van der Waals surface area contributed by atoms with E-state index in [-0.39, 0.29) is 11.9 Å². The molecule has 1 aromatic carbocycles. The average Bonchev–Trinajstić information content (AvgIpc) is 3.35. The van der Waals surface area contributed by atoms with Gasteiger partial charge in [-0.15, -0.1) is 5.10 Å². The van der Waals surface area contributed by atoms with Crippen LogP contribution in [0, 0.1) is 0 Å². The second kappa shape index (κ2) is 9.00. The predicted molar refractivity (Wildman–Crippen MR) is 100.0 cm³/mol. The molecule has 142 valence electrons. The van der Waals surface area contributed by atoms with Crippen molar-refractivity contribution in [1.82, 2.24) is 14.8 Å². The van der Waals surface area contributed by atoms with Crippen molar-refractivity contribution in [1.29, 1.82) is 0 Å². The maximum atomic E-state index is 11.5. The number of amides is 1. The van der Waals surface area contributed by atoms with Crippen LogP contribution in [0.2, 0.25) is 0 Å². The highest BCUT2D eigenvalue weighted by molar-refractivity contribution is 5.90. The van der Waals surface area contributed by atoms with Crippen LogP contribution in [0.3, 0.4) is 0 Å². The van der Waals surface area contributed by atoms with Crippen molar-refractivity contribution in [3.05, 3.63) is 42.7 Å². The average molecular weight is 370 g/mol. The molecule has 0 fully saturated rings. The van der Waals surface area contributed by atoms with Gasteiger partial charge >= 0.3 is 6.01 Å². The van der Waals surface area contributed by atoms with Gasteiger partial charge in [-0.05, 0) is 43.3 Å². The molecule has 0 bridgehead atoms. The van der Waals surface area contributed by atoms with E-state index in [1.807, 2.05) is 38.1 Å². The number of carbonyl (C=O) groups excluding carboxylic acids is 1. The molecule has 2 aromatic heterocycles. The van der Waals surface area contributed by atoms with Gasteiger partial charge in [-0.3, -0.25) is 4.79 Å². The van der Waals surface area contributed by atoms with Crippen molar-refractivity contribution in [2.24, 2.45) is 0 Å². The van der Waals surface area contributed by atoms with E-state index in [4.69, 9.17) is 13.9 Å². The van der Waals surface area contributed by atoms with Crippen molar-refractivity contribution in [2.45, 2.75) is 20.3 Å². The quantitative estimate of drug-likeness (QED) is 0.581. The van der Waals surface area contributed by atoms with Crippen molar-refractivity contribution in [2.75, 3.05) is 25.1 Å². The van der Waals surface area contributed by atoms with Gasteiger partial charge in [0, 0.05) is 18.7 Å². The number of aromatic nitrogens is 3. The second-order valence-electron chi connectivity index (χ2n) is 5.60. The molecule has 8 nitrogen and oxygen atoms in total. The molecule has 0 spiro atoms. The van der Waals surface area contributed by atoms with Crippen LogP contribution in [0.4, 0.5) is 5.69 Å². The zero-order valence-electron chi connectivity index (χ0n) is 15.3. The molecule has 8 heteroatoms. The van der Waals surface area contributed by atoms with Gasteiger partial charge in [0.25, 0.3) is 0 Å². The number of nitrogens with one attached hydrogen (secondary N) is 1. The van der Waals surface area contributed by atoms with E-state index in [2.05, 4.69) is 15.4 Å². The molecule has 0 atom stereocenters. The summed E-state index contributed by atoms with van der Waals surface area (Å²) in [4.78, 5) is 15.9. The maximum absolute atomic E-state index is 11.5. The minimum atomic E-state index is -0.0373. The van der Waals surface area contributed by atoms with Crippen molar-refractivity contribution in [3.8, 4) is 23.3 Å². The summed E-state index contributed by atoms with van der Waals surface area (Å²) in [7, 11) is 0. The zero-order chi connectivity index (χ0) is 19.1. The highest BCUT2D eigenvalue weighted by Crippen LogP contribution is 2.24. The van der Waals surface area contributed by atoms with Gasteiger partial charge < -0.3 is 19.2 Å². The third-order valence-corrected chi connectivity index (χ3v) is 3.71. The van der Waals surface area contributed by atoms with Crippen LogP contribution < -0.4 is 10.1 Å². The molecule has 0 aliphatic carbocycles. The van der Waals surface area contributed by atoms with Gasteiger partial charge in [-0.25, -0.2) is 4.68 Å². The Morgan fingerprint density at radius 1 is 1.19 bits per heavy atom. The summed E-state index contributed by atoms with van der Waals surface area (Å²) >= 11 is 0. The summed E-state index contributed by atoms with van der Waals surface area (Å²) in [6, 6.07) is 11.1. The Bertz CT molecular complexity index is 856. The third kappa shape index (κ3) is 4.73. The molecule has 0 saturated heterocycles. The number of anilines is 1. The second-order valence-corrected chi connectivity index (χ2v) is 5.60. The summed E-state index contributed by atoms with van der Waals surface area (Å²) < 4.78 is 17.9. The molecule has 0 aliphatic rings. The number of furan rings is 1. The lowest BCUT2D eigenvalue weighted by molar-refractivity contribution is -0.115. The molecular formula is C19H22N4O4. The summed E-state index contributed by atoms with van der Waals surface area (Å²) in [5.74, 6) is 1.06. The molecule has 27 heavy (non-hydrogen) atoms. The number of rotatable bonds is 9. The smallest absolute Gasteiger partial charge is 0.336 e. The number of benzene rings is 1. The van der Waals surface area contributed by atoms with Gasteiger partial charge in [0.05, 0.1) is 18.6 Å². The SMILES string of the molecule is CCOCCOc1nc(-c2ccco2)n(-c2ccc(NC(=O)CC)cc2)n1. The van der Waals surface area contributed by atoms with Crippen LogP contribution in [0.5, 0.6) is 6.01 Å². The van der Waals surface area contributed by atoms with E-state index in [0.29, 0.717) is 37.8 Å². The van der Waals surface area contributed by atoms with Crippen LogP contribution in [0.1, 0.15) is 20.3 Å². The summed E-state index contributed by atoms with van der Waals surface area (Å²) in [6.45, 7) is 5.19. The number of carbonyl (C=O) groups is 1. The highest BCUT2D eigenvalue weighted by Gasteiger charge is 2.17. The maximum Gasteiger partial charge on any atom is 0.336 e. The van der Waals surface area contributed by atoms with E-state index in [9.17, 15) is 4.79 Å². The topological polar surface area (TPSA) is 91.4 Å². The Morgan fingerprint density at radius 3 is 2.67 bits per heavy atom. The minimum absolute atomic E-state index is 0.0373. The van der Waals surface area contributed by atoms with E-state index < -0.39 is 0 Å². The highest BCUT2D eigenvalue weighted by atomic mass is 16.5. The van der Waals surface area contributed by atoms with Crippen molar-refractivity contribution < 1.29 is 18.7 Å². The van der Waals surface area contributed by atoms with E-state index in [1.54, 1.807) is 23.1 Å². The molecule has 1 amide bonds. The Labute approximate surface area is 157 Å². The number of hydrogen-bond donors (Lipinski definition) is 1. The van der Waals surface area contributed by atoms with Gasteiger partial charge in [-0.1, -0.05) is 6.92 Å². The van der Waals surface area contributed by atoms with E-state index in [1.165, 1.54) is 0 Å². The summed E-state index contributed by atoms with van der Waals surface area (Å²) in [6.07, 6.45) is 2.00. The van der Waals surface area contributed by atoms with Crippen molar-refractivity contribution >= 4 is 11.6 Å². The minimum Gasteiger partial charge on any atom is -0.461 e. The van der Waals surface area contributed by atoms with Gasteiger partial charge in [0.2, 0.25) is 11.7 Å². The lowest BCUT2D eigenvalue weighted by Gasteiger charge is -2.07. The number of ether oxygens (including phenoxy) is 2. The molecule has 0 saturated carbocycles. The first-order chi connectivity index (χ1) is 13.2. The van der Waals surface area contributed by atoms with E-state index >= 15 is 0 Å². The Hall–Kier alpha value is -3.13. The Kier molecular flexibility index (Phi) is 6.22. The third-order valence-electron chi connectivity index (χ3n) is 3.71. The molecule has 0 unspecified atom stereocenters. The molecule has 3 rings (SSSR count). The van der Waals surface area contributed by atoms with Crippen molar-refractivity contribution in [3.63, 3.8) is 0 Å². The summed E-state index contributed by atoms with van der Waals surface area (Å²) in [5, 5.41) is 7.24.